The van der Waals surface area contributed by atoms with Crippen LogP contribution in [0, 0.1) is 6.92 Å². The molecule has 5 heteroatoms. The molecule has 4 rings (SSSR count). The molecule has 3 aromatic carbocycles. The van der Waals surface area contributed by atoms with Crippen LogP contribution in [0.4, 0.5) is 5.69 Å². The normalized spacial score (nSPS) is 10.9. The van der Waals surface area contributed by atoms with Gasteiger partial charge < -0.3 is 10.1 Å². The average molecular weight is 440 g/mol. The zero-order chi connectivity index (χ0) is 23.2. The minimum atomic E-state index is -0.173. The Morgan fingerprint density at radius 2 is 1.76 bits per heavy atom. The van der Waals surface area contributed by atoms with E-state index in [0.29, 0.717) is 30.3 Å². The molecule has 0 aliphatic heterocycles. The lowest BCUT2D eigenvalue weighted by Crippen LogP contribution is -2.12. The van der Waals surface area contributed by atoms with Crippen molar-refractivity contribution in [1.82, 2.24) is 9.78 Å². The van der Waals surface area contributed by atoms with Crippen LogP contribution in [0.15, 0.2) is 85.2 Å². The molecule has 1 amide bonds. The van der Waals surface area contributed by atoms with Crippen molar-refractivity contribution in [1.29, 1.82) is 0 Å². The van der Waals surface area contributed by atoms with E-state index in [1.165, 1.54) is 11.1 Å². The van der Waals surface area contributed by atoms with Gasteiger partial charge in [-0.3, -0.25) is 9.48 Å². The van der Waals surface area contributed by atoms with E-state index in [1.54, 1.807) is 12.3 Å². The maximum atomic E-state index is 12.8. The van der Waals surface area contributed by atoms with E-state index in [-0.39, 0.29) is 5.91 Å². The van der Waals surface area contributed by atoms with E-state index in [2.05, 4.69) is 67.6 Å². The number of carbonyl (C=O) groups is 1. The summed E-state index contributed by atoms with van der Waals surface area (Å²) < 4.78 is 7.72. The number of aryl methyl sites for hydroxylation is 1. The topological polar surface area (TPSA) is 56.2 Å². The Labute approximate surface area is 195 Å². The van der Waals surface area contributed by atoms with Crippen molar-refractivity contribution < 1.29 is 9.53 Å². The lowest BCUT2D eigenvalue weighted by molar-refractivity contribution is 0.102. The third-order valence-electron chi connectivity index (χ3n) is 5.50. The van der Waals surface area contributed by atoms with Crippen LogP contribution in [-0.4, -0.2) is 15.7 Å². The van der Waals surface area contributed by atoms with Crippen LogP contribution < -0.4 is 10.1 Å². The van der Waals surface area contributed by atoms with Gasteiger partial charge in [-0.1, -0.05) is 67.9 Å². The summed E-state index contributed by atoms with van der Waals surface area (Å²) in [6.45, 7) is 7.46. The van der Waals surface area contributed by atoms with Crippen LogP contribution in [0.3, 0.4) is 0 Å². The van der Waals surface area contributed by atoms with E-state index in [0.717, 1.165) is 16.9 Å². The van der Waals surface area contributed by atoms with Crippen LogP contribution in [-0.2, 0) is 13.2 Å². The van der Waals surface area contributed by atoms with Gasteiger partial charge in [-0.05, 0) is 53.8 Å². The molecule has 0 saturated carbocycles. The number of ether oxygens (including phenoxy) is 1. The lowest BCUT2D eigenvalue weighted by atomic mass is 10.0. The molecule has 33 heavy (non-hydrogen) atoms. The second kappa shape index (κ2) is 10.2. The molecule has 0 bridgehead atoms. The summed E-state index contributed by atoms with van der Waals surface area (Å²) in [6.07, 6.45) is 3.51. The Morgan fingerprint density at radius 3 is 2.48 bits per heavy atom. The van der Waals surface area contributed by atoms with E-state index < -0.39 is 0 Å². The van der Waals surface area contributed by atoms with Gasteiger partial charge >= 0.3 is 0 Å². The number of anilines is 1. The number of carbonyl (C=O) groups excluding carboxylic acids is 1. The van der Waals surface area contributed by atoms with Gasteiger partial charge in [0, 0.05) is 11.8 Å². The molecule has 0 atom stereocenters. The third kappa shape index (κ3) is 6.10. The number of nitrogens with one attached hydrogen (secondary N) is 1. The Bertz CT molecular complexity index is 1210. The smallest absolute Gasteiger partial charge is 0.255 e. The predicted octanol–water partition coefficient (Wildman–Crippen LogP) is 6.19. The van der Waals surface area contributed by atoms with Crippen LogP contribution in [0.2, 0.25) is 0 Å². The molecular formula is C28H29N3O2. The molecule has 4 aromatic rings. The maximum Gasteiger partial charge on any atom is 0.255 e. The first kappa shape index (κ1) is 22.3. The van der Waals surface area contributed by atoms with Crippen molar-refractivity contribution in [2.75, 3.05) is 5.32 Å². The van der Waals surface area contributed by atoms with Gasteiger partial charge in [0.25, 0.3) is 5.91 Å². The van der Waals surface area contributed by atoms with Gasteiger partial charge in [-0.2, -0.15) is 5.10 Å². The summed E-state index contributed by atoms with van der Waals surface area (Å²) >= 11 is 0. The number of aromatic nitrogens is 2. The molecule has 168 valence electrons. The number of hydrogen-bond acceptors (Lipinski definition) is 3. The number of hydrogen-bond donors (Lipinski definition) is 1. The summed E-state index contributed by atoms with van der Waals surface area (Å²) in [5, 5.41) is 7.29. The van der Waals surface area contributed by atoms with Gasteiger partial charge in [0.2, 0.25) is 0 Å². The highest BCUT2D eigenvalue weighted by Crippen LogP contribution is 2.20. The Hall–Kier alpha value is -3.86. The zero-order valence-electron chi connectivity index (χ0n) is 19.3. The second-order valence-electron chi connectivity index (χ2n) is 8.58. The predicted molar refractivity (Wildman–Crippen MR) is 132 cm³/mol. The van der Waals surface area contributed by atoms with E-state index in [1.807, 2.05) is 41.2 Å². The first-order valence-electron chi connectivity index (χ1n) is 11.2. The average Bonchev–Trinajstić information content (AvgIpc) is 3.26. The van der Waals surface area contributed by atoms with Crippen molar-refractivity contribution in [3.63, 3.8) is 0 Å². The van der Waals surface area contributed by atoms with E-state index in [4.69, 9.17) is 4.74 Å². The minimum Gasteiger partial charge on any atom is -0.489 e. The zero-order valence-corrected chi connectivity index (χ0v) is 19.3. The number of amides is 1. The molecule has 0 aliphatic rings. The fraction of sp³-hybridized carbons (Fsp3) is 0.214. The van der Waals surface area contributed by atoms with Gasteiger partial charge in [0.15, 0.2) is 0 Å². The van der Waals surface area contributed by atoms with Crippen molar-refractivity contribution in [3.05, 3.63) is 113 Å². The molecular weight excluding hydrogens is 410 g/mol. The Morgan fingerprint density at radius 1 is 1.00 bits per heavy atom. The van der Waals surface area contributed by atoms with Crippen molar-refractivity contribution >= 4 is 11.6 Å². The second-order valence-corrected chi connectivity index (χ2v) is 8.58. The summed E-state index contributed by atoms with van der Waals surface area (Å²) in [4.78, 5) is 12.8. The van der Waals surface area contributed by atoms with Crippen LogP contribution in [0.25, 0.3) is 0 Å². The highest BCUT2D eigenvalue weighted by Gasteiger charge is 2.09. The summed E-state index contributed by atoms with van der Waals surface area (Å²) in [6, 6.07) is 24.0. The van der Waals surface area contributed by atoms with Gasteiger partial charge in [-0.25, -0.2) is 0 Å². The summed E-state index contributed by atoms with van der Waals surface area (Å²) in [5.41, 5.74) is 5.85. The Balaban J connectivity index is 1.34. The largest absolute Gasteiger partial charge is 0.489 e. The summed E-state index contributed by atoms with van der Waals surface area (Å²) in [5.74, 6) is 1.13. The fourth-order valence-electron chi connectivity index (χ4n) is 3.52. The fourth-order valence-corrected chi connectivity index (χ4v) is 3.52. The number of nitrogens with zero attached hydrogens (tertiary/aromatic N) is 2. The molecule has 1 heterocycles. The third-order valence-corrected chi connectivity index (χ3v) is 5.50. The quantitative estimate of drug-likeness (QED) is 0.356. The molecule has 0 radical (unpaired) electrons. The Kier molecular flexibility index (Phi) is 6.89. The molecule has 1 aromatic heterocycles. The van der Waals surface area contributed by atoms with Crippen molar-refractivity contribution in [3.8, 4) is 5.75 Å². The van der Waals surface area contributed by atoms with Crippen LogP contribution in [0.1, 0.15) is 52.4 Å². The summed E-state index contributed by atoms with van der Waals surface area (Å²) in [7, 11) is 0. The molecule has 1 N–H and O–H groups in total. The monoisotopic (exact) mass is 439 g/mol. The van der Waals surface area contributed by atoms with Gasteiger partial charge in [0.05, 0.1) is 18.4 Å². The SMILES string of the molecule is Cc1ccc(Cn2cc(NC(=O)c3cccc(COc4ccc(C(C)C)cc4)c3)cn2)cc1. The van der Waals surface area contributed by atoms with Crippen molar-refractivity contribution in [2.45, 2.75) is 39.8 Å². The lowest BCUT2D eigenvalue weighted by Gasteiger charge is -2.10. The maximum absolute atomic E-state index is 12.8. The first-order chi connectivity index (χ1) is 16.0. The van der Waals surface area contributed by atoms with Gasteiger partial charge in [0.1, 0.15) is 12.4 Å². The number of benzene rings is 3. The van der Waals surface area contributed by atoms with Crippen molar-refractivity contribution in [2.24, 2.45) is 0 Å². The highest BCUT2D eigenvalue weighted by atomic mass is 16.5. The molecule has 0 fully saturated rings. The van der Waals surface area contributed by atoms with Crippen LogP contribution >= 0.6 is 0 Å². The van der Waals surface area contributed by atoms with Crippen LogP contribution in [0.5, 0.6) is 5.75 Å². The molecule has 0 spiro atoms. The highest BCUT2D eigenvalue weighted by molar-refractivity contribution is 6.04. The molecule has 0 aliphatic carbocycles. The van der Waals surface area contributed by atoms with E-state index >= 15 is 0 Å². The molecule has 0 unspecified atom stereocenters. The van der Waals surface area contributed by atoms with E-state index in [9.17, 15) is 4.79 Å². The van der Waals surface area contributed by atoms with Gasteiger partial charge in [-0.15, -0.1) is 0 Å². The first-order valence-corrected chi connectivity index (χ1v) is 11.2. The molecule has 5 nitrogen and oxygen atoms in total. The standard InChI is InChI=1S/C28H29N3O2/c1-20(2)24-11-13-27(14-12-24)33-19-23-5-4-6-25(15-23)28(32)30-26-16-29-31(18-26)17-22-9-7-21(3)8-10-22/h4-16,18,20H,17,19H2,1-3H3,(H,30,32). The minimum absolute atomic E-state index is 0.173. The number of rotatable bonds is 8. The molecule has 0 saturated heterocycles.